The standard InChI is InChI=1S/C7H16N2/c1-7(2)4-3-5-9-6(7)8/h6,9H,3-5,8H2,1-2H3. The second kappa shape index (κ2) is 2.27. The van der Waals surface area contributed by atoms with Gasteiger partial charge in [-0.25, -0.2) is 0 Å². The van der Waals surface area contributed by atoms with Crippen LogP contribution in [0.5, 0.6) is 0 Å². The van der Waals surface area contributed by atoms with E-state index < -0.39 is 0 Å². The first-order valence-corrected chi connectivity index (χ1v) is 3.62. The van der Waals surface area contributed by atoms with Gasteiger partial charge < -0.3 is 11.1 Å². The topological polar surface area (TPSA) is 38.0 Å². The number of rotatable bonds is 0. The Hall–Kier alpha value is -0.0800. The van der Waals surface area contributed by atoms with Crippen molar-refractivity contribution in [2.45, 2.75) is 32.9 Å². The summed E-state index contributed by atoms with van der Waals surface area (Å²) >= 11 is 0. The summed E-state index contributed by atoms with van der Waals surface area (Å²) < 4.78 is 0. The number of piperidine rings is 1. The van der Waals surface area contributed by atoms with Gasteiger partial charge in [-0.3, -0.25) is 0 Å². The van der Waals surface area contributed by atoms with Gasteiger partial charge in [0.05, 0.1) is 6.17 Å². The fourth-order valence-electron chi connectivity index (χ4n) is 1.23. The van der Waals surface area contributed by atoms with E-state index in [0.29, 0.717) is 5.41 Å². The maximum atomic E-state index is 5.80. The number of hydrogen-bond acceptors (Lipinski definition) is 2. The molecule has 0 aromatic heterocycles. The van der Waals surface area contributed by atoms with Crippen LogP contribution in [0.4, 0.5) is 0 Å². The van der Waals surface area contributed by atoms with Crippen LogP contribution in [0, 0.1) is 5.41 Å². The number of hydrogen-bond donors (Lipinski definition) is 2. The molecule has 1 rings (SSSR count). The second-order valence-electron chi connectivity index (χ2n) is 3.52. The zero-order valence-electron chi connectivity index (χ0n) is 6.28. The van der Waals surface area contributed by atoms with Gasteiger partial charge in [0.1, 0.15) is 0 Å². The molecule has 0 spiro atoms. The molecule has 1 atom stereocenters. The molecule has 2 heteroatoms. The van der Waals surface area contributed by atoms with Crippen LogP contribution in [-0.4, -0.2) is 12.7 Å². The molecule has 1 fully saturated rings. The molecule has 1 heterocycles. The van der Waals surface area contributed by atoms with E-state index >= 15 is 0 Å². The monoisotopic (exact) mass is 128 g/mol. The quantitative estimate of drug-likeness (QED) is 0.503. The molecule has 0 saturated carbocycles. The van der Waals surface area contributed by atoms with Gasteiger partial charge in [0.15, 0.2) is 0 Å². The summed E-state index contributed by atoms with van der Waals surface area (Å²) in [6.07, 6.45) is 2.72. The fourth-order valence-corrected chi connectivity index (χ4v) is 1.23. The molecule has 0 aliphatic carbocycles. The fraction of sp³-hybridized carbons (Fsp3) is 1.00. The van der Waals surface area contributed by atoms with E-state index in [2.05, 4.69) is 19.2 Å². The third-order valence-corrected chi connectivity index (χ3v) is 2.20. The predicted molar refractivity (Wildman–Crippen MR) is 39.0 cm³/mol. The van der Waals surface area contributed by atoms with Crippen LogP contribution in [0.25, 0.3) is 0 Å². The van der Waals surface area contributed by atoms with E-state index in [9.17, 15) is 0 Å². The molecule has 2 nitrogen and oxygen atoms in total. The average Bonchev–Trinajstić information content (AvgIpc) is 1.77. The first-order valence-electron chi connectivity index (χ1n) is 3.62. The lowest BCUT2D eigenvalue weighted by Gasteiger charge is -2.36. The summed E-state index contributed by atoms with van der Waals surface area (Å²) in [5.41, 5.74) is 6.11. The Balaban J connectivity index is 2.49. The van der Waals surface area contributed by atoms with Gasteiger partial charge in [-0.1, -0.05) is 13.8 Å². The van der Waals surface area contributed by atoms with Crippen molar-refractivity contribution in [3.05, 3.63) is 0 Å². The molecule has 1 aliphatic rings. The maximum Gasteiger partial charge on any atom is 0.0598 e. The molecular weight excluding hydrogens is 112 g/mol. The van der Waals surface area contributed by atoms with Gasteiger partial charge in [-0.2, -0.15) is 0 Å². The van der Waals surface area contributed by atoms with Gasteiger partial charge in [0.2, 0.25) is 0 Å². The predicted octanol–water partition coefficient (Wildman–Crippen LogP) is 0.681. The van der Waals surface area contributed by atoms with Crippen LogP contribution in [-0.2, 0) is 0 Å². The molecule has 1 saturated heterocycles. The van der Waals surface area contributed by atoms with Gasteiger partial charge in [-0.05, 0) is 24.8 Å². The van der Waals surface area contributed by atoms with Gasteiger partial charge in [0, 0.05) is 0 Å². The molecule has 1 aliphatic heterocycles. The Kier molecular flexibility index (Phi) is 1.78. The molecule has 1 unspecified atom stereocenters. The SMILES string of the molecule is CC1(C)CCCNC1N. The van der Waals surface area contributed by atoms with Gasteiger partial charge in [-0.15, -0.1) is 0 Å². The van der Waals surface area contributed by atoms with Crippen LogP contribution in [0.1, 0.15) is 26.7 Å². The van der Waals surface area contributed by atoms with E-state index in [1.807, 2.05) is 0 Å². The molecule has 9 heavy (non-hydrogen) atoms. The molecule has 3 N–H and O–H groups in total. The Morgan fingerprint density at radius 2 is 2.22 bits per heavy atom. The van der Waals surface area contributed by atoms with Crippen molar-refractivity contribution in [3.63, 3.8) is 0 Å². The van der Waals surface area contributed by atoms with E-state index in [-0.39, 0.29) is 6.17 Å². The zero-order valence-corrected chi connectivity index (χ0v) is 6.28. The highest BCUT2D eigenvalue weighted by molar-refractivity contribution is 4.83. The van der Waals surface area contributed by atoms with Crippen molar-refractivity contribution in [1.29, 1.82) is 0 Å². The van der Waals surface area contributed by atoms with Gasteiger partial charge >= 0.3 is 0 Å². The lowest BCUT2D eigenvalue weighted by Crippen LogP contribution is -2.52. The van der Waals surface area contributed by atoms with Crippen LogP contribution >= 0.6 is 0 Å². The number of nitrogens with two attached hydrogens (primary N) is 1. The van der Waals surface area contributed by atoms with Crippen LogP contribution in [0.2, 0.25) is 0 Å². The minimum Gasteiger partial charge on any atom is -0.315 e. The summed E-state index contributed by atoms with van der Waals surface area (Å²) in [5.74, 6) is 0. The van der Waals surface area contributed by atoms with E-state index in [4.69, 9.17) is 5.73 Å². The highest BCUT2D eigenvalue weighted by Gasteiger charge is 2.28. The van der Waals surface area contributed by atoms with E-state index in [1.165, 1.54) is 12.8 Å². The zero-order chi connectivity index (χ0) is 6.91. The van der Waals surface area contributed by atoms with Crippen LogP contribution < -0.4 is 11.1 Å². The normalized spacial score (nSPS) is 34.3. The molecule has 0 aromatic carbocycles. The van der Waals surface area contributed by atoms with Gasteiger partial charge in [0.25, 0.3) is 0 Å². The third kappa shape index (κ3) is 1.43. The number of nitrogens with one attached hydrogen (secondary N) is 1. The van der Waals surface area contributed by atoms with Crippen molar-refractivity contribution in [1.82, 2.24) is 5.32 Å². The maximum absolute atomic E-state index is 5.80. The molecule has 0 bridgehead atoms. The molecular formula is C7H16N2. The molecule has 0 amide bonds. The van der Waals surface area contributed by atoms with Crippen LogP contribution in [0.3, 0.4) is 0 Å². The average molecular weight is 128 g/mol. The molecule has 0 radical (unpaired) electrons. The van der Waals surface area contributed by atoms with Crippen LogP contribution in [0.15, 0.2) is 0 Å². The third-order valence-electron chi connectivity index (χ3n) is 2.20. The highest BCUT2D eigenvalue weighted by Crippen LogP contribution is 2.26. The van der Waals surface area contributed by atoms with Crippen molar-refractivity contribution in [3.8, 4) is 0 Å². The summed E-state index contributed by atoms with van der Waals surface area (Å²) in [6.45, 7) is 5.51. The summed E-state index contributed by atoms with van der Waals surface area (Å²) in [4.78, 5) is 0. The summed E-state index contributed by atoms with van der Waals surface area (Å²) in [7, 11) is 0. The highest BCUT2D eigenvalue weighted by atomic mass is 15.1. The van der Waals surface area contributed by atoms with Crippen molar-refractivity contribution >= 4 is 0 Å². The minimum absolute atomic E-state index is 0.200. The lowest BCUT2D eigenvalue weighted by atomic mass is 9.82. The Bertz CT molecular complexity index is 99.1. The Morgan fingerprint density at radius 3 is 2.56 bits per heavy atom. The van der Waals surface area contributed by atoms with Crippen molar-refractivity contribution in [2.24, 2.45) is 11.1 Å². The first kappa shape index (κ1) is 7.03. The molecule has 54 valence electrons. The largest absolute Gasteiger partial charge is 0.315 e. The van der Waals surface area contributed by atoms with E-state index in [0.717, 1.165) is 6.54 Å². The lowest BCUT2D eigenvalue weighted by molar-refractivity contribution is 0.184. The summed E-state index contributed by atoms with van der Waals surface area (Å²) in [5, 5.41) is 3.25. The molecule has 0 aromatic rings. The smallest absolute Gasteiger partial charge is 0.0598 e. The van der Waals surface area contributed by atoms with Crippen molar-refractivity contribution < 1.29 is 0 Å². The Morgan fingerprint density at radius 1 is 1.56 bits per heavy atom. The van der Waals surface area contributed by atoms with E-state index in [1.54, 1.807) is 0 Å². The Labute approximate surface area is 56.8 Å². The first-order chi connectivity index (χ1) is 4.13. The summed E-state index contributed by atoms with van der Waals surface area (Å²) in [6, 6.07) is 0. The minimum atomic E-state index is 0.200. The second-order valence-corrected chi connectivity index (χ2v) is 3.52. The van der Waals surface area contributed by atoms with Crippen molar-refractivity contribution in [2.75, 3.05) is 6.54 Å².